The third kappa shape index (κ3) is 6.09. The molecule has 0 saturated carbocycles. The molecule has 8 heteroatoms. The first-order valence-electron chi connectivity index (χ1n) is 10.1. The minimum absolute atomic E-state index is 0.00797. The number of nitrogens with zero attached hydrogens (tertiary/aromatic N) is 3. The van der Waals surface area contributed by atoms with Crippen LogP contribution < -0.4 is 0 Å². The van der Waals surface area contributed by atoms with Gasteiger partial charge in [0.25, 0.3) is 0 Å². The second kappa shape index (κ2) is 8.68. The van der Waals surface area contributed by atoms with Crippen LogP contribution in [0.5, 0.6) is 0 Å². The molecule has 8 nitrogen and oxygen atoms in total. The van der Waals surface area contributed by atoms with Gasteiger partial charge in [-0.1, -0.05) is 0 Å². The van der Waals surface area contributed by atoms with E-state index in [1.54, 1.807) is 9.80 Å². The molecule has 0 aromatic heterocycles. The van der Waals surface area contributed by atoms with Crippen molar-refractivity contribution in [3.05, 3.63) is 0 Å². The van der Waals surface area contributed by atoms with E-state index < -0.39 is 5.60 Å². The van der Waals surface area contributed by atoms with E-state index in [1.807, 2.05) is 46.4 Å². The Labute approximate surface area is 168 Å². The number of piperazine rings is 1. The molecule has 28 heavy (non-hydrogen) atoms. The van der Waals surface area contributed by atoms with E-state index >= 15 is 0 Å². The molecule has 0 spiro atoms. The lowest BCUT2D eigenvalue weighted by Gasteiger charge is -2.44. The number of ether oxygens (including phenoxy) is 2. The number of hydrogen-bond acceptors (Lipinski definition) is 5. The van der Waals surface area contributed by atoms with Gasteiger partial charge in [0.2, 0.25) is 11.8 Å². The van der Waals surface area contributed by atoms with E-state index in [0.717, 1.165) is 0 Å². The molecule has 2 aliphatic rings. The Balaban J connectivity index is 1.78. The Morgan fingerprint density at radius 2 is 1.54 bits per heavy atom. The van der Waals surface area contributed by atoms with Crippen LogP contribution in [0.2, 0.25) is 0 Å². The molecule has 0 aromatic rings. The Morgan fingerprint density at radius 3 is 2.11 bits per heavy atom. The summed E-state index contributed by atoms with van der Waals surface area (Å²) in [5.41, 5.74) is -0.888. The van der Waals surface area contributed by atoms with Gasteiger partial charge in [-0.15, -0.1) is 0 Å². The number of hydrogen-bond donors (Lipinski definition) is 0. The van der Waals surface area contributed by atoms with E-state index in [1.165, 1.54) is 0 Å². The summed E-state index contributed by atoms with van der Waals surface area (Å²) in [7, 11) is 0. The SMILES string of the molecule is CC1CN(C(=O)CCC(=O)N2CCN(C(=O)OC(C)(C)C)CC2)C(C)(C)CO1. The average molecular weight is 398 g/mol. The van der Waals surface area contributed by atoms with Crippen molar-refractivity contribution in [1.82, 2.24) is 14.7 Å². The molecule has 1 unspecified atom stereocenters. The molecule has 0 N–H and O–H groups in total. The molecule has 0 radical (unpaired) electrons. The molecule has 1 atom stereocenters. The lowest BCUT2D eigenvalue weighted by atomic mass is 10.00. The van der Waals surface area contributed by atoms with Crippen molar-refractivity contribution in [2.45, 2.75) is 71.6 Å². The number of morpholine rings is 1. The highest BCUT2D eigenvalue weighted by Gasteiger charge is 2.37. The van der Waals surface area contributed by atoms with Gasteiger partial charge < -0.3 is 24.2 Å². The van der Waals surface area contributed by atoms with Crippen LogP contribution in [0.15, 0.2) is 0 Å². The Morgan fingerprint density at radius 1 is 1.00 bits per heavy atom. The largest absolute Gasteiger partial charge is 0.444 e. The van der Waals surface area contributed by atoms with Crippen LogP contribution >= 0.6 is 0 Å². The molecular formula is C20H35N3O5. The number of rotatable bonds is 3. The van der Waals surface area contributed by atoms with Crippen molar-refractivity contribution in [1.29, 1.82) is 0 Å². The van der Waals surface area contributed by atoms with Crippen LogP contribution in [0.25, 0.3) is 0 Å². The standard InChI is InChI=1S/C20H35N3O5/c1-15-13-23(20(5,6)14-27-15)17(25)8-7-16(24)21-9-11-22(12-10-21)18(26)28-19(2,3)4/h15H,7-14H2,1-6H3. The van der Waals surface area contributed by atoms with E-state index in [0.29, 0.717) is 39.3 Å². The quantitative estimate of drug-likeness (QED) is 0.726. The van der Waals surface area contributed by atoms with Gasteiger partial charge in [-0.05, 0) is 41.5 Å². The zero-order chi connectivity index (χ0) is 21.1. The first-order chi connectivity index (χ1) is 12.9. The van der Waals surface area contributed by atoms with Crippen LogP contribution in [0.1, 0.15) is 54.4 Å². The summed E-state index contributed by atoms with van der Waals surface area (Å²) >= 11 is 0. The molecule has 160 valence electrons. The first-order valence-corrected chi connectivity index (χ1v) is 10.1. The van der Waals surface area contributed by atoms with Gasteiger partial charge in [0.1, 0.15) is 5.60 Å². The number of carbonyl (C=O) groups excluding carboxylic acids is 3. The van der Waals surface area contributed by atoms with Crippen molar-refractivity contribution in [2.75, 3.05) is 39.3 Å². The van der Waals surface area contributed by atoms with Gasteiger partial charge in [-0.2, -0.15) is 0 Å². The molecular weight excluding hydrogens is 362 g/mol. The van der Waals surface area contributed by atoms with Crippen molar-refractivity contribution in [2.24, 2.45) is 0 Å². The number of amides is 3. The second-order valence-corrected chi connectivity index (χ2v) is 9.29. The van der Waals surface area contributed by atoms with Gasteiger partial charge in [0.15, 0.2) is 0 Å². The molecule has 0 aliphatic carbocycles. The van der Waals surface area contributed by atoms with Crippen molar-refractivity contribution < 1.29 is 23.9 Å². The summed E-state index contributed by atoms with van der Waals surface area (Å²) in [6.45, 7) is 14.3. The van der Waals surface area contributed by atoms with Crippen LogP contribution in [0.4, 0.5) is 4.79 Å². The lowest BCUT2D eigenvalue weighted by molar-refractivity contribution is -0.154. The monoisotopic (exact) mass is 397 g/mol. The predicted octanol–water partition coefficient (Wildman–Crippen LogP) is 1.87. The normalized spacial score (nSPS) is 22.8. The molecule has 0 aromatic carbocycles. The summed E-state index contributed by atoms with van der Waals surface area (Å²) in [5.74, 6) is -0.0582. The van der Waals surface area contributed by atoms with Gasteiger partial charge in [-0.3, -0.25) is 9.59 Å². The number of carbonyl (C=O) groups is 3. The third-order valence-electron chi connectivity index (χ3n) is 5.03. The van der Waals surface area contributed by atoms with Gasteiger partial charge in [0, 0.05) is 45.6 Å². The van der Waals surface area contributed by atoms with E-state index in [9.17, 15) is 14.4 Å². The maximum absolute atomic E-state index is 12.7. The zero-order valence-electron chi connectivity index (χ0n) is 18.1. The second-order valence-electron chi connectivity index (χ2n) is 9.29. The fourth-order valence-corrected chi connectivity index (χ4v) is 3.39. The van der Waals surface area contributed by atoms with E-state index in [4.69, 9.17) is 9.47 Å². The van der Waals surface area contributed by atoms with E-state index in [-0.39, 0.29) is 42.4 Å². The fourth-order valence-electron chi connectivity index (χ4n) is 3.39. The molecule has 2 rings (SSSR count). The third-order valence-corrected chi connectivity index (χ3v) is 5.03. The molecule has 2 heterocycles. The predicted molar refractivity (Wildman–Crippen MR) is 105 cm³/mol. The highest BCUT2D eigenvalue weighted by molar-refractivity contribution is 5.84. The van der Waals surface area contributed by atoms with Crippen LogP contribution in [-0.4, -0.2) is 89.2 Å². The first kappa shape index (κ1) is 22.5. The fraction of sp³-hybridized carbons (Fsp3) is 0.850. The van der Waals surface area contributed by atoms with Crippen molar-refractivity contribution in [3.8, 4) is 0 Å². The minimum Gasteiger partial charge on any atom is -0.444 e. The summed E-state index contributed by atoms with van der Waals surface area (Å²) in [4.78, 5) is 42.4. The maximum atomic E-state index is 12.7. The summed E-state index contributed by atoms with van der Waals surface area (Å²) in [6.07, 6.45) is 0.0426. The van der Waals surface area contributed by atoms with Gasteiger partial charge in [-0.25, -0.2) is 4.79 Å². The molecule has 2 aliphatic heterocycles. The smallest absolute Gasteiger partial charge is 0.410 e. The topological polar surface area (TPSA) is 79.4 Å². The van der Waals surface area contributed by atoms with Crippen LogP contribution in [-0.2, 0) is 19.1 Å². The van der Waals surface area contributed by atoms with Gasteiger partial charge in [0.05, 0.1) is 18.2 Å². The van der Waals surface area contributed by atoms with Gasteiger partial charge >= 0.3 is 6.09 Å². The molecule has 2 saturated heterocycles. The van der Waals surface area contributed by atoms with E-state index in [2.05, 4.69) is 0 Å². The summed E-state index contributed by atoms with van der Waals surface area (Å²) in [5, 5.41) is 0. The molecule has 2 fully saturated rings. The Kier molecular flexibility index (Phi) is 6.96. The minimum atomic E-state index is -0.533. The van der Waals surface area contributed by atoms with Crippen molar-refractivity contribution >= 4 is 17.9 Å². The highest BCUT2D eigenvalue weighted by atomic mass is 16.6. The van der Waals surface area contributed by atoms with Crippen LogP contribution in [0.3, 0.4) is 0 Å². The maximum Gasteiger partial charge on any atom is 0.410 e. The highest BCUT2D eigenvalue weighted by Crippen LogP contribution is 2.23. The van der Waals surface area contributed by atoms with Crippen molar-refractivity contribution in [3.63, 3.8) is 0 Å². The molecule has 0 bridgehead atoms. The Hall–Kier alpha value is -1.83. The zero-order valence-corrected chi connectivity index (χ0v) is 18.1. The van der Waals surface area contributed by atoms with Crippen LogP contribution in [0, 0.1) is 0 Å². The lowest BCUT2D eigenvalue weighted by Crippen LogP contribution is -2.58. The average Bonchev–Trinajstić information content (AvgIpc) is 2.60. The Bertz CT molecular complexity index is 591. The summed E-state index contributed by atoms with van der Waals surface area (Å²) in [6, 6.07) is 0. The summed E-state index contributed by atoms with van der Waals surface area (Å²) < 4.78 is 11.0. The molecule has 3 amide bonds.